The number of hydrogen-bond acceptors (Lipinski definition) is 5. The lowest BCUT2D eigenvalue weighted by Crippen LogP contribution is -2.23. The highest BCUT2D eigenvalue weighted by Gasteiger charge is 2.29. The van der Waals surface area contributed by atoms with Crippen LogP contribution in [0.4, 0.5) is 0 Å². The van der Waals surface area contributed by atoms with Gasteiger partial charge in [-0.25, -0.2) is 0 Å². The summed E-state index contributed by atoms with van der Waals surface area (Å²) >= 11 is 0. The molecule has 23 heavy (non-hydrogen) atoms. The van der Waals surface area contributed by atoms with Crippen LogP contribution < -0.4 is 4.74 Å². The maximum Gasteiger partial charge on any atom is 0.160 e. The number of hydrogen-bond donors (Lipinski definition) is 1. The summed E-state index contributed by atoms with van der Waals surface area (Å²) in [5.41, 5.74) is 2.09. The second-order valence-electron chi connectivity index (χ2n) is 6.44. The molecule has 0 saturated carbocycles. The molecule has 0 amide bonds. The fraction of sp³-hybridized carbons (Fsp3) is 0.500. The standard InChI is InChI=1S/C18H24N2O3/c1-12(2)18-10-14(19-23-18)15-5-4-8-20(15)11-13-6-7-17(22-3)16(21)9-13/h6-7,9-10,12,15,21H,4-5,8,11H2,1-3H3/t15-/m1/s1. The maximum absolute atomic E-state index is 9.94. The molecule has 1 aromatic heterocycles. The Bertz CT molecular complexity index is 666. The second kappa shape index (κ2) is 6.62. The van der Waals surface area contributed by atoms with Gasteiger partial charge in [-0.3, -0.25) is 4.90 Å². The van der Waals surface area contributed by atoms with Gasteiger partial charge in [0.05, 0.1) is 13.2 Å². The summed E-state index contributed by atoms with van der Waals surface area (Å²) in [6.45, 7) is 6.03. The molecule has 1 aliphatic rings. The number of methoxy groups -OCH3 is 1. The number of rotatable bonds is 5. The number of nitrogens with zero attached hydrogens (tertiary/aromatic N) is 2. The lowest BCUT2D eigenvalue weighted by molar-refractivity contribution is 0.235. The van der Waals surface area contributed by atoms with Gasteiger partial charge in [0.25, 0.3) is 0 Å². The van der Waals surface area contributed by atoms with Crippen molar-refractivity contribution in [1.82, 2.24) is 10.1 Å². The molecule has 1 aliphatic heterocycles. The first-order chi connectivity index (χ1) is 11.1. The zero-order valence-corrected chi connectivity index (χ0v) is 14.0. The summed E-state index contributed by atoms with van der Waals surface area (Å²) in [6.07, 6.45) is 2.24. The van der Waals surface area contributed by atoms with Crippen LogP contribution in [0.2, 0.25) is 0 Å². The van der Waals surface area contributed by atoms with Crippen molar-refractivity contribution in [3.63, 3.8) is 0 Å². The van der Waals surface area contributed by atoms with E-state index in [2.05, 4.69) is 30.0 Å². The third-order valence-corrected chi connectivity index (χ3v) is 4.45. The van der Waals surface area contributed by atoms with Crippen LogP contribution in [0.3, 0.4) is 0 Å². The largest absolute Gasteiger partial charge is 0.504 e. The Hall–Kier alpha value is -2.01. The molecule has 5 heteroatoms. The SMILES string of the molecule is COc1ccc(CN2CCC[C@@H]2c2cc(C(C)C)on2)cc1O. The van der Waals surface area contributed by atoms with Gasteiger partial charge in [-0.1, -0.05) is 25.1 Å². The van der Waals surface area contributed by atoms with Crippen LogP contribution in [-0.2, 0) is 6.54 Å². The first-order valence-corrected chi connectivity index (χ1v) is 8.15. The van der Waals surface area contributed by atoms with Gasteiger partial charge in [-0.15, -0.1) is 0 Å². The van der Waals surface area contributed by atoms with Gasteiger partial charge in [-0.2, -0.15) is 0 Å². The molecule has 0 spiro atoms. The molecule has 5 nitrogen and oxygen atoms in total. The fourth-order valence-electron chi connectivity index (χ4n) is 3.15. The second-order valence-corrected chi connectivity index (χ2v) is 6.44. The van der Waals surface area contributed by atoms with E-state index >= 15 is 0 Å². The smallest absolute Gasteiger partial charge is 0.160 e. The zero-order chi connectivity index (χ0) is 16.4. The molecule has 1 atom stereocenters. The van der Waals surface area contributed by atoms with E-state index in [0.29, 0.717) is 11.7 Å². The van der Waals surface area contributed by atoms with E-state index in [0.717, 1.165) is 42.9 Å². The molecule has 1 N–H and O–H groups in total. The summed E-state index contributed by atoms with van der Waals surface area (Å²) < 4.78 is 10.6. The van der Waals surface area contributed by atoms with Crippen molar-refractivity contribution >= 4 is 0 Å². The molecule has 0 bridgehead atoms. The van der Waals surface area contributed by atoms with E-state index in [1.54, 1.807) is 13.2 Å². The molecular formula is C18H24N2O3. The van der Waals surface area contributed by atoms with E-state index in [1.807, 2.05) is 12.1 Å². The van der Waals surface area contributed by atoms with Crippen molar-refractivity contribution < 1.29 is 14.4 Å². The third-order valence-electron chi connectivity index (χ3n) is 4.45. The number of aromatic hydroxyl groups is 1. The Balaban J connectivity index is 1.75. The van der Waals surface area contributed by atoms with Gasteiger partial charge < -0.3 is 14.4 Å². The van der Waals surface area contributed by atoms with Gasteiger partial charge in [0.1, 0.15) is 11.5 Å². The highest BCUT2D eigenvalue weighted by molar-refractivity contribution is 5.41. The van der Waals surface area contributed by atoms with E-state index < -0.39 is 0 Å². The summed E-state index contributed by atoms with van der Waals surface area (Å²) in [4.78, 5) is 2.39. The number of phenolic OH excluding ortho intramolecular Hbond substituents is 1. The van der Waals surface area contributed by atoms with Crippen molar-refractivity contribution in [2.45, 2.75) is 45.2 Å². The quantitative estimate of drug-likeness (QED) is 0.908. The average Bonchev–Trinajstić information content (AvgIpc) is 3.16. The molecule has 124 valence electrons. The zero-order valence-electron chi connectivity index (χ0n) is 14.0. The Kier molecular flexibility index (Phi) is 4.57. The first-order valence-electron chi connectivity index (χ1n) is 8.15. The van der Waals surface area contributed by atoms with Gasteiger partial charge in [0, 0.05) is 18.5 Å². The normalized spacial score (nSPS) is 18.7. The highest BCUT2D eigenvalue weighted by atomic mass is 16.5. The lowest BCUT2D eigenvalue weighted by Gasteiger charge is -2.22. The maximum atomic E-state index is 9.94. The van der Waals surface area contributed by atoms with Gasteiger partial charge in [0.2, 0.25) is 0 Å². The molecule has 0 unspecified atom stereocenters. The number of likely N-dealkylation sites (tertiary alicyclic amines) is 1. The molecule has 3 rings (SSSR count). The van der Waals surface area contributed by atoms with Crippen molar-refractivity contribution in [2.75, 3.05) is 13.7 Å². The predicted octanol–water partition coefficient (Wildman–Crippen LogP) is 3.85. The van der Waals surface area contributed by atoms with Gasteiger partial charge >= 0.3 is 0 Å². The third kappa shape index (κ3) is 3.34. The van der Waals surface area contributed by atoms with Crippen LogP contribution in [0, 0.1) is 0 Å². The van der Waals surface area contributed by atoms with Crippen molar-refractivity contribution in [2.24, 2.45) is 0 Å². The molecule has 1 saturated heterocycles. The van der Waals surface area contributed by atoms with Crippen molar-refractivity contribution in [1.29, 1.82) is 0 Å². The Labute approximate surface area is 136 Å². The molecule has 0 aliphatic carbocycles. The summed E-state index contributed by atoms with van der Waals surface area (Å²) in [5.74, 6) is 1.98. The summed E-state index contributed by atoms with van der Waals surface area (Å²) in [5, 5.41) is 14.2. The fourth-order valence-corrected chi connectivity index (χ4v) is 3.15. The van der Waals surface area contributed by atoms with Crippen LogP contribution in [0.1, 0.15) is 55.7 Å². The molecule has 1 aromatic carbocycles. The number of ether oxygens (including phenoxy) is 1. The van der Waals surface area contributed by atoms with Crippen molar-refractivity contribution in [3.05, 3.63) is 41.3 Å². The van der Waals surface area contributed by atoms with Crippen molar-refractivity contribution in [3.8, 4) is 11.5 Å². The highest BCUT2D eigenvalue weighted by Crippen LogP contribution is 2.35. The Morgan fingerprint density at radius 2 is 2.22 bits per heavy atom. The van der Waals surface area contributed by atoms with E-state index in [1.165, 1.54) is 0 Å². The summed E-state index contributed by atoms with van der Waals surface area (Å²) in [7, 11) is 1.56. The van der Waals surface area contributed by atoms with E-state index in [9.17, 15) is 5.11 Å². The summed E-state index contributed by atoms with van der Waals surface area (Å²) in [6, 6.07) is 7.95. The minimum Gasteiger partial charge on any atom is -0.504 e. The number of phenols is 1. The lowest BCUT2D eigenvalue weighted by atomic mass is 10.1. The van der Waals surface area contributed by atoms with Gasteiger partial charge in [0.15, 0.2) is 11.5 Å². The topological polar surface area (TPSA) is 58.7 Å². The molecule has 2 heterocycles. The molecule has 2 aromatic rings. The van der Waals surface area contributed by atoms with Crippen LogP contribution in [0.25, 0.3) is 0 Å². The minimum atomic E-state index is 0.185. The van der Waals surface area contributed by atoms with Crippen LogP contribution in [0.5, 0.6) is 11.5 Å². The molecule has 0 radical (unpaired) electrons. The monoisotopic (exact) mass is 316 g/mol. The molecular weight excluding hydrogens is 292 g/mol. The van der Waals surface area contributed by atoms with E-state index in [-0.39, 0.29) is 11.8 Å². The number of benzene rings is 1. The average molecular weight is 316 g/mol. The number of aromatic nitrogens is 1. The first kappa shape index (κ1) is 15.9. The Morgan fingerprint density at radius 3 is 2.87 bits per heavy atom. The van der Waals surface area contributed by atoms with Crippen LogP contribution >= 0.6 is 0 Å². The predicted molar refractivity (Wildman–Crippen MR) is 87.6 cm³/mol. The minimum absolute atomic E-state index is 0.185. The molecule has 1 fully saturated rings. The Morgan fingerprint density at radius 1 is 1.39 bits per heavy atom. The van der Waals surface area contributed by atoms with Gasteiger partial charge in [-0.05, 0) is 37.1 Å². The van der Waals surface area contributed by atoms with E-state index in [4.69, 9.17) is 9.26 Å². The van der Waals surface area contributed by atoms with Crippen LogP contribution in [-0.4, -0.2) is 28.8 Å². The van der Waals surface area contributed by atoms with Crippen LogP contribution in [0.15, 0.2) is 28.8 Å².